The summed E-state index contributed by atoms with van der Waals surface area (Å²) in [6.07, 6.45) is 4.00. The summed E-state index contributed by atoms with van der Waals surface area (Å²) in [6, 6.07) is 0.158. The van der Waals surface area contributed by atoms with E-state index in [0.29, 0.717) is 13.0 Å². The van der Waals surface area contributed by atoms with Gasteiger partial charge >= 0.3 is 0 Å². The van der Waals surface area contributed by atoms with Crippen LogP contribution in [0.3, 0.4) is 0 Å². The summed E-state index contributed by atoms with van der Waals surface area (Å²) in [5, 5.41) is 0. The minimum atomic E-state index is -0.0335. The number of aromatic nitrogens is 2. The number of nitrogens with zero attached hydrogens (tertiary/aromatic N) is 3. The number of aromatic amines is 1. The largest absolute Gasteiger partial charge is 0.381 e. The topological polar surface area (TPSA) is 61.5 Å². The second kappa shape index (κ2) is 6.85. The Hall–Kier alpha value is -1.40. The summed E-state index contributed by atoms with van der Waals surface area (Å²) in [5.41, 5.74) is 0. The van der Waals surface area contributed by atoms with E-state index in [1.165, 1.54) is 0 Å². The van der Waals surface area contributed by atoms with Crippen molar-refractivity contribution in [2.75, 3.05) is 33.3 Å². The normalized spacial score (nSPS) is 21.9. The molecule has 1 saturated heterocycles. The first-order valence-corrected chi connectivity index (χ1v) is 7.19. The fraction of sp³-hybridized carbons (Fsp3) is 0.714. The van der Waals surface area contributed by atoms with Crippen LogP contribution in [0.2, 0.25) is 0 Å². The zero-order valence-corrected chi connectivity index (χ0v) is 12.5. The van der Waals surface area contributed by atoms with E-state index in [1.807, 2.05) is 18.0 Å². The van der Waals surface area contributed by atoms with Crippen LogP contribution in [0, 0.1) is 0 Å². The van der Waals surface area contributed by atoms with Gasteiger partial charge in [-0.1, -0.05) is 6.92 Å². The van der Waals surface area contributed by atoms with Gasteiger partial charge in [0.05, 0.1) is 18.6 Å². The highest BCUT2D eigenvalue weighted by molar-refractivity contribution is 5.76. The maximum atomic E-state index is 12.3. The Balaban J connectivity index is 2.02. The number of hydrogen-bond acceptors (Lipinski definition) is 4. The third-order valence-corrected chi connectivity index (χ3v) is 3.95. The standard InChI is InChI=1S/C14H24N4O2/c1-4-17-7-8-18(13(19)9-11(2)20-3)10-12(17)14-15-5-6-16-14/h5-6,11-12H,4,7-10H2,1-3H3,(H,15,16). The number of piperazine rings is 1. The van der Waals surface area contributed by atoms with E-state index in [9.17, 15) is 4.79 Å². The lowest BCUT2D eigenvalue weighted by molar-refractivity contribution is -0.136. The molecule has 0 bridgehead atoms. The minimum absolute atomic E-state index is 0.0335. The Morgan fingerprint density at radius 3 is 3.00 bits per heavy atom. The molecule has 2 unspecified atom stereocenters. The van der Waals surface area contributed by atoms with Crippen molar-refractivity contribution in [3.05, 3.63) is 18.2 Å². The van der Waals surface area contributed by atoms with Crippen molar-refractivity contribution in [3.8, 4) is 0 Å². The summed E-state index contributed by atoms with van der Waals surface area (Å²) in [6.45, 7) is 7.37. The SMILES string of the molecule is CCN1CCN(C(=O)CC(C)OC)CC1c1ncc[nH]1. The van der Waals surface area contributed by atoms with Crippen molar-refractivity contribution >= 4 is 5.91 Å². The molecule has 2 atom stereocenters. The number of amides is 1. The number of imidazole rings is 1. The van der Waals surface area contributed by atoms with Gasteiger partial charge in [0.15, 0.2) is 0 Å². The number of nitrogens with one attached hydrogen (secondary N) is 1. The summed E-state index contributed by atoms with van der Waals surface area (Å²) < 4.78 is 5.18. The predicted octanol–water partition coefficient (Wildman–Crippen LogP) is 1.04. The lowest BCUT2D eigenvalue weighted by Gasteiger charge is -2.40. The summed E-state index contributed by atoms with van der Waals surface area (Å²) in [7, 11) is 1.64. The smallest absolute Gasteiger partial charge is 0.225 e. The number of carbonyl (C=O) groups is 1. The quantitative estimate of drug-likeness (QED) is 0.875. The van der Waals surface area contributed by atoms with Crippen molar-refractivity contribution in [1.29, 1.82) is 0 Å². The highest BCUT2D eigenvalue weighted by Crippen LogP contribution is 2.23. The molecule has 1 aromatic rings. The molecule has 2 rings (SSSR count). The molecule has 1 aliphatic rings. The van der Waals surface area contributed by atoms with Gasteiger partial charge in [0.25, 0.3) is 0 Å². The fourth-order valence-electron chi connectivity index (χ4n) is 2.60. The maximum absolute atomic E-state index is 12.3. The van der Waals surface area contributed by atoms with Gasteiger partial charge in [-0.05, 0) is 13.5 Å². The van der Waals surface area contributed by atoms with Crippen molar-refractivity contribution < 1.29 is 9.53 Å². The zero-order chi connectivity index (χ0) is 14.5. The molecule has 112 valence electrons. The molecule has 2 heterocycles. The van der Waals surface area contributed by atoms with E-state index < -0.39 is 0 Å². The van der Waals surface area contributed by atoms with E-state index in [4.69, 9.17) is 4.74 Å². The molecule has 0 aromatic carbocycles. The van der Waals surface area contributed by atoms with Gasteiger partial charge in [0.1, 0.15) is 5.82 Å². The third-order valence-electron chi connectivity index (χ3n) is 3.95. The lowest BCUT2D eigenvalue weighted by atomic mass is 10.1. The van der Waals surface area contributed by atoms with Crippen LogP contribution in [0.15, 0.2) is 12.4 Å². The molecule has 0 radical (unpaired) electrons. The van der Waals surface area contributed by atoms with Gasteiger partial charge in [-0.15, -0.1) is 0 Å². The van der Waals surface area contributed by atoms with Gasteiger partial charge in [-0.2, -0.15) is 0 Å². The molecular weight excluding hydrogens is 256 g/mol. The van der Waals surface area contributed by atoms with Crippen LogP contribution in [-0.4, -0.2) is 65.1 Å². The second-order valence-electron chi connectivity index (χ2n) is 5.21. The number of rotatable bonds is 5. The van der Waals surface area contributed by atoms with Crippen molar-refractivity contribution in [2.45, 2.75) is 32.4 Å². The third kappa shape index (κ3) is 3.37. The second-order valence-corrected chi connectivity index (χ2v) is 5.21. The average Bonchev–Trinajstić information content (AvgIpc) is 3.00. The Morgan fingerprint density at radius 2 is 2.40 bits per heavy atom. The minimum Gasteiger partial charge on any atom is -0.381 e. The molecule has 6 nitrogen and oxygen atoms in total. The first-order valence-electron chi connectivity index (χ1n) is 7.19. The van der Waals surface area contributed by atoms with Crippen LogP contribution in [-0.2, 0) is 9.53 Å². The monoisotopic (exact) mass is 280 g/mol. The van der Waals surface area contributed by atoms with E-state index in [-0.39, 0.29) is 18.1 Å². The summed E-state index contributed by atoms with van der Waals surface area (Å²) >= 11 is 0. The fourth-order valence-corrected chi connectivity index (χ4v) is 2.60. The van der Waals surface area contributed by atoms with E-state index in [1.54, 1.807) is 13.3 Å². The van der Waals surface area contributed by atoms with Crippen LogP contribution in [0.5, 0.6) is 0 Å². The molecular formula is C14H24N4O2. The highest BCUT2D eigenvalue weighted by atomic mass is 16.5. The Bertz CT molecular complexity index is 421. The number of likely N-dealkylation sites (N-methyl/N-ethyl adjacent to an activating group) is 1. The molecule has 0 saturated carbocycles. The van der Waals surface area contributed by atoms with E-state index in [2.05, 4.69) is 21.8 Å². The van der Waals surface area contributed by atoms with E-state index >= 15 is 0 Å². The molecule has 0 spiro atoms. The van der Waals surface area contributed by atoms with Gasteiger partial charge in [-0.3, -0.25) is 9.69 Å². The van der Waals surface area contributed by atoms with Crippen LogP contribution in [0.1, 0.15) is 32.1 Å². The molecule has 1 amide bonds. The van der Waals surface area contributed by atoms with Crippen molar-refractivity contribution in [2.24, 2.45) is 0 Å². The zero-order valence-electron chi connectivity index (χ0n) is 12.5. The molecule has 1 fully saturated rings. The first-order chi connectivity index (χ1) is 9.65. The Morgan fingerprint density at radius 1 is 1.60 bits per heavy atom. The van der Waals surface area contributed by atoms with Crippen molar-refractivity contribution in [3.63, 3.8) is 0 Å². The lowest BCUT2D eigenvalue weighted by Crippen LogP contribution is -2.51. The Labute approximate surface area is 120 Å². The van der Waals surface area contributed by atoms with Gasteiger partial charge in [-0.25, -0.2) is 4.98 Å². The number of ether oxygens (including phenoxy) is 1. The highest BCUT2D eigenvalue weighted by Gasteiger charge is 2.31. The Kier molecular flexibility index (Phi) is 5.14. The van der Waals surface area contributed by atoms with Gasteiger partial charge < -0.3 is 14.6 Å². The number of carbonyl (C=O) groups excluding carboxylic acids is 1. The van der Waals surface area contributed by atoms with E-state index in [0.717, 1.165) is 25.5 Å². The summed E-state index contributed by atoms with van der Waals surface area (Å²) in [4.78, 5) is 24.1. The maximum Gasteiger partial charge on any atom is 0.225 e. The number of H-pyrrole nitrogens is 1. The van der Waals surface area contributed by atoms with Crippen LogP contribution >= 0.6 is 0 Å². The molecule has 1 N–H and O–H groups in total. The molecule has 1 aromatic heterocycles. The van der Waals surface area contributed by atoms with Crippen LogP contribution in [0.25, 0.3) is 0 Å². The molecule has 0 aliphatic carbocycles. The van der Waals surface area contributed by atoms with Crippen LogP contribution < -0.4 is 0 Å². The average molecular weight is 280 g/mol. The predicted molar refractivity (Wildman–Crippen MR) is 76.2 cm³/mol. The number of hydrogen-bond donors (Lipinski definition) is 1. The van der Waals surface area contributed by atoms with Crippen molar-refractivity contribution in [1.82, 2.24) is 19.8 Å². The first kappa shape index (κ1) is 15.0. The molecule has 6 heteroatoms. The number of methoxy groups -OCH3 is 1. The van der Waals surface area contributed by atoms with Gasteiger partial charge in [0.2, 0.25) is 5.91 Å². The molecule has 20 heavy (non-hydrogen) atoms. The van der Waals surface area contributed by atoms with Gasteiger partial charge in [0, 0.05) is 39.1 Å². The summed E-state index contributed by atoms with van der Waals surface area (Å²) in [5.74, 6) is 1.09. The van der Waals surface area contributed by atoms with Crippen LogP contribution in [0.4, 0.5) is 0 Å². The molecule has 1 aliphatic heterocycles.